The number of nitrogens with zero attached hydrogens (tertiary/aromatic N) is 2. The van der Waals surface area contributed by atoms with Gasteiger partial charge in [-0.3, -0.25) is 9.88 Å². The van der Waals surface area contributed by atoms with Crippen molar-refractivity contribution in [1.29, 1.82) is 0 Å². The van der Waals surface area contributed by atoms with Crippen LogP contribution >= 0.6 is 0 Å². The van der Waals surface area contributed by atoms with Crippen LogP contribution in [0.5, 0.6) is 0 Å². The van der Waals surface area contributed by atoms with Gasteiger partial charge in [0.25, 0.3) is 0 Å². The minimum Gasteiger partial charge on any atom is -0.315 e. The van der Waals surface area contributed by atoms with Gasteiger partial charge in [-0.25, -0.2) is 0 Å². The predicted molar refractivity (Wildman–Crippen MR) is 83.7 cm³/mol. The van der Waals surface area contributed by atoms with Crippen LogP contribution in [0.1, 0.15) is 25.3 Å². The molecule has 0 unspecified atom stereocenters. The monoisotopic (exact) mass is 269 g/mol. The van der Waals surface area contributed by atoms with Crippen molar-refractivity contribution in [1.82, 2.24) is 15.2 Å². The number of benzene rings is 1. The molecule has 3 rings (SSSR count). The van der Waals surface area contributed by atoms with Crippen molar-refractivity contribution in [2.24, 2.45) is 0 Å². The topological polar surface area (TPSA) is 28.2 Å². The van der Waals surface area contributed by atoms with E-state index < -0.39 is 0 Å². The lowest BCUT2D eigenvalue weighted by Gasteiger charge is -2.28. The lowest BCUT2D eigenvalue weighted by atomic mass is 10.1. The minimum absolute atomic E-state index is 0.658. The number of hydrogen-bond acceptors (Lipinski definition) is 3. The number of nitrogens with one attached hydrogen (secondary N) is 1. The van der Waals surface area contributed by atoms with Crippen molar-refractivity contribution < 1.29 is 0 Å². The van der Waals surface area contributed by atoms with Crippen LogP contribution in [-0.2, 0) is 6.54 Å². The van der Waals surface area contributed by atoms with Crippen LogP contribution in [0.15, 0.2) is 36.7 Å². The summed E-state index contributed by atoms with van der Waals surface area (Å²) in [5.74, 6) is 0. The Balaban J connectivity index is 1.80. The molecule has 106 valence electrons. The molecule has 2 heterocycles. The van der Waals surface area contributed by atoms with Gasteiger partial charge in [-0.05, 0) is 42.5 Å². The van der Waals surface area contributed by atoms with E-state index in [0.717, 1.165) is 19.6 Å². The average Bonchev–Trinajstić information content (AvgIpc) is 2.72. The Bertz CT molecular complexity index is 567. The van der Waals surface area contributed by atoms with Crippen LogP contribution in [0.3, 0.4) is 0 Å². The molecule has 3 heteroatoms. The van der Waals surface area contributed by atoms with Gasteiger partial charge in [-0.1, -0.05) is 19.1 Å². The van der Waals surface area contributed by atoms with E-state index in [1.54, 1.807) is 0 Å². The molecule has 1 aromatic carbocycles. The summed E-state index contributed by atoms with van der Waals surface area (Å²) in [6, 6.07) is 9.50. The van der Waals surface area contributed by atoms with Gasteiger partial charge in [-0.2, -0.15) is 0 Å². The van der Waals surface area contributed by atoms with E-state index >= 15 is 0 Å². The molecular formula is C17H23N3. The van der Waals surface area contributed by atoms with Crippen LogP contribution in [0, 0.1) is 0 Å². The fourth-order valence-corrected chi connectivity index (χ4v) is 3.06. The third kappa shape index (κ3) is 3.00. The number of hydrogen-bond donors (Lipinski definition) is 1. The third-order valence-corrected chi connectivity index (χ3v) is 4.26. The first-order valence-electron chi connectivity index (χ1n) is 7.64. The molecule has 1 aromatic heterocycles. The lowest BCUT2D eigenvalue weighted by molar-refractivity contribution is 0.195. The quantitative estimate of drug-likeness (QED) is 0.928. The molecule has 0 radical (unpaired) electrons. The molecule has 0 spiro atoms. The molecule has 0 bridgehead atoms. The van der Waals surface area contributed by atoms with E-state index in [9.17, 15) is 0 Å². The maximum Gasteiger partial charge on any atom is 0.0346 e. The first-order valence-corrected chi connectivity index (χ1v) is 7.64. The van der Waals surface area contributed by atoms with E-state index in [1.807, 2.05) is 12.4 Å². The van der Waals surface area contributed by atoms with E-state index in [2.05, 4.69) is 46.4 Å². The Morgan fingerprint density at radius 1 is 1.30 bits per heavy atom. The molecule has 1 atom stereocenters. The second kappa shape index (κ2) is 6.33. The standard InChI is InChI=1S/C17H23N3/c1-2-17-12-18-7-3-9-20(17)13-14-4-5-16-11-19-8-6-15(16)10-14/h4-6,8,10-11,17-18H,2-3,7,9,12-13H2,1H3/t17-/m1/s1. The maximum absolute atomic E-state index is 4.18. The second-order valence-electron chi connectivity index (χ2n) is 5.65. The van der Waals surface area contributed by atoms with Crippen LogP contribution < -0.4 is 5.32 Å². The number of pyridine rings is 1. The Kier molecular flexibility index (Phi) is 4.28. The molecule has 0 aliphatic carbocycles. The van der Waals surface area contributed by atoms with Gasteiger partial charge >= 0.3 is 0 Å². The first kappa shape index (κ1) is 13.5. The van der Waals surface area contributed by atoms with Crippen LogP contribution in [0.25, 0.3) is 10.8 Å². The van der Waals surface area contributed by atoms with E-state index in [-0.39, 0.29) is 0 Å². The second-order valence-corrected chi connectivity index (χ2v) is 5.65. The summed E-state index contributed by atoms with van der Waals surface area (Å²) < 4.78 is 0. The first-order chi connectivity index (χ1) is 9.86. The van der Waals surface area contributed by atoms with Gasteiger partial charge in [-0.15, -0.1) is 0 Å². The molecular weight excluding hydrogens is 246 g/mol. The summed E-state index contributed by atoms with van der Waals surface area (Å²) in [7, 11) is 0. The van der Waals surface area contributed by atoms with Crippen molar-refractivity contribution in [2.75, 3.05) is 19.6 Å². The average molecular weight is 269 g/mol. The molecule has 0 amide bonds. The van der Waals surface area contributed by atoms with Crippen molar-refractivity contribution >= 4 is 10.8 Å². The summed E-state index contributed by atoms with van der Waals surface area (Å²) in [6.07, 6.45) is 6.26. The van der Waals surface area contributed by atoms with Crippen LogP contribution in [0.4, 0.5) is 0 Å². The molecule has 20 heavy (non-hydrogen) atoms. The molecule has 3 nitrogen and oxygen atoms in total. The van der Waals surface area contributed by atoms with Crippen molar-refractivity contribution in [3.05, 3.63) is 42.2 Å². The lowest BCUT2D eigenvalue weighted by Crippen LogP contribution is -2.38. The smallest absolute Gasteiger partial charge is 0.0346 e. The normalized spacial score (nSPS) is 20.9. The van der Waals surface area contributed by atoms with Gasteiger partial charge in [0.1, 0.15) is 0 Å². The molecule has 1 N–H and O–H groups in total. The minimum atomic E-state index is 0.658. The summed E-state index contributed by atoms with van der Waals surface area (Å²) in [6.45, 7) is 6.81. The largest absolute Gasteiger partial charge is 0.315 e. The fraction of sp³-hybridized carbons (Fsp3) is 0.471. The zero-order valence-electron chi connectivity index (χ0n) is 12.2. The van der Waals surface area contributed by atoms with Crippen LogP contribution in [0.2, 0.25) is 0 Å². The highest BCUT2D eigenvalue weighted by Crippen LogP contribution is 2.18. The Morgan fingerprint density at radius 3 is 3.15 bits per heavy atom. The molecule has 0 saturated carbocycles. The molecule has 1 aliphatic heterocycles. The predicted octanol–water partition coefficient (Wildman–Crippen LogP) is 2.81. The van der Waals surface area contributed by atoms with Crippen molar-refractivity contribution in [3.63, 3.8) is 0 Å². The highest BCUT2D eigenvalue weighted by Gasteiger charge is 2.19. The molecule has 1 aliphatic rings. The van der Waals surface area contributed by atoms with Crippen molar-refractivity contribution in [3.8, 4) is 0 Å². The summed E-state index contributed by atoms with van der Waals surface area (Å²) in [5, 5.41) is 6.06. The van der Waals surface area contributed by atoms with Gasteiger partial charge in [0.05, 0.1) is 0 Å². The highest BCUT2D eigenvalue weighted by atomic mass is 15.2. The Labute approximate surface area is 121 Å². The molecule has 2 aromatic rings. The van der Waals surface area contributed by atoms with Gasteiger partial charge in [0.15, 0.2) is 0 Å². The fourth-order valence-electron chi connectivity index (χ4n) is 3.06. The Hall–Kier alpha value is -1.45. The third-order valence-electron chi connectivity index (χ3n) is 4.26. The number of aromatic nitrogens is 1. The van der Waals surface area contributed by atoms with Crippen LogP contribution in [-0.4, -0.2) is 35.6 Å². The molecule has 1 fully saturated rings. The van der Waals surface area contributed by atoms with Gasteiger partial charge in [0, 0.05) is 43.5 Å². The van der Waals surface area contributed by atoms with Gasteiger partial charge < -0.3 is 5.32 Å². The highest BCUT2D eigenvalue weighted by molar-refractivity contribution is 5.81. The van der Waals surface area contributed by atoms with E-state index in [0.29, 0.717) is 6.04 Å². The zero-order valence-corrected chi connectivity index (χ0v) is 12.2. The van der Waals surface area contributed by atoms with Crippen molar-refractivity contribution in [2.45, 2.75) is 32.4 Å². The number of rotatable bonds is 3. The van der Waals surface area contributed by atoms with Gasteiger partial charge in [0.2, 0.25) is 0 Å². The summed E-state index contributed by atoms with van der Waals surface area (Å²) in [4.78, 5) is 6.80. The Morgan fingerprint density at radius 2 is 2.25 bits per heavy atom. The number of fused-ring (bicyclic) bond motifs is 1. The van der Waals surface area contributed by atoms with E-state index in [4.69, 9.17) is 0 Å². The summed E-state index contributed by atoms with van der Waals surface area (Å²) >= 11 is 0. The van der Waals surface area contributed by atoms with E-state index in [1.165, 1.54) is 35.7 Å². The maximum atomic E-state index is 4.18. The SMILES string of the molecule is CC[C@@H]1CNCCCN1Cc1ccc2cnccc2c1. The summed E-state index contributed by atoms with van der Waals surface area (Å²) in [5.41, 5.74) is 1.41. The molecule has 1 saturated heterocycles. The zero-order chi connectivity index (χ0) is 13.8.